The van der Waals surface area contributed by atoms with Crippen molar-refractivity contribution in [3.63, 3.8) is 0 Å². The second-order valence-corrected chi connectivity index (χ2v) is 6.78. The van der Waals surface area contributed by atoms with Gasteiger partial charge in [0.25, 0.3) is 0 Å². The highest BCUT2D eigenvalue weighted by molar-refractivity contribution is 6.30. The first-order valence-corrected chi connectivity index (χ1v) is 7.37. The lowest BCUT2D eigenvalue weighted by molar-refractivity contribution is 0.112. The summed E-state index contributed by atoms with van der Waals surface area (Å²) in [4.78, 5) is 0. The number of benzene rings is 1. The molecule has 0 aromatic heterocycles. The lowest BCUT2D eigenvalue weighted by Crippen LogP contribution is -2.42. The van der Waals surface area contributed by atoms with E-state index in [2.05, 4.69) is 19.9 Å². The molecule has 100 valence electrons. The maximum Gasteiger partial charge on any atom is 0.0408 e. The van der Waals surface area contributed by atoms with Crippen LogP contribution in [0.3, 0.4) is 0 Å². The summed E-state index contributed by atoms with van der Waals surface area (Å²) in [7, 11) is 0. The predicted molar refractivity (Wildman–Crippen MR) is 78.9 cm³/mol. The SMILES string of the molecule is CC1(C)CCCCC1C(N)Cc1cccc(Cl)c1. The first kappa shape index (κ1) is 13.9. The molecule has 18 heavy (non-hydrogen) atoms. The van der Waals surface area contributed by atoms with Gasteiger partial charge < -0.3 is 5.73 Å². The molecule has 2 unspecified atom stereocenters. The fourth-order valence-corrected chi connectivity index (χ4v) is 3.61. The van der Waals surface area contributed by atoms with Crippen molar-refractivity contribution < 1.29 is 0 Å². The molecule has 0 heterocycles. The summed E-state index contributed by atoms with van der Waals surface area (Å²) >= 11 is 6.03. The Balaban J connectivity index is 2.05. The van der Waals surface area contributed by atoms with Gasteiger partial charge in [-0.05, 0) is 48.3 Å². The van der Waals surface area contributed by atoms with E-state index in [4.69, 9.17) is 17.3 Å². The highest BCUT2D eigenvalue weighted by Gasteiger charge is 2.35. The van der Waals surface area contributed by atoms with Gasteiger partial charge in [0.15, 0.2) is 0 Å². The van der Waals surface area contributed by atoms with Gasteiger partial charge in [-0.2, -0.15) is 0 Å². The molecule has 1 saturated carbocycles. The number of halogens is 1. The second-order valence-electron chi connectivity index (χ2n) is 6.34. The smallest absolute Gasteiger partial charge is 0.0408 e. The first-order chi connectivity index (χ1) is 8.49. The van der Waals surface area contributed by atoms with Gasteiger partial charge in [0, 0.05) is 11.1 Å². The van der Waals surface area contributed by atoms with E-state index in [0.29, 0.717) is 11.3 Å². The standard InChI is InChI=1S/C16H24ClN/c1-16(2)9-4-3-8-14(16)15(18)11-12-6-5-7-13(17)10-12/h5-7,10,14-15H,3-4,8-9,11,18H2,1-2H3. The molecular weight excluding hydrogens is 242 g/mol. The van der Waals surface area contributed by atoms with E-state index in [9.17, 15) is 0 Å². The molecule has 2 rings (SSSR count). The summed E-state index contributed by atoms with van der Waals surface area (Å²) in [5.74, 6) is 0.630. The topological polar surface area (TPSA) is 26.0 Å². The molecule has 2 atom stereocenters. The van der Waals surface area contributed by atoms with Crippen molar-refractivity contribution in [1.82, 2.24) is 0 Å². The summed E-state index contributed by atoms with van der Waals surface area (Å²) in [5, 5.41) is 0.808. The van der Waals surface area contributed by atoms with Crippen LogP contribution in [0.25, 0.3) is 0 Å². The van der Waals surface area contributed by atoms with Gasteiger partial charge in [-0.3, -0.25) is 0 Å². The fourth-order valence-electron chi connectivity index (χ4n) is 3.39. The largest absolute Gasteiger partial charge is 0.327 e. The van der Waals surface area contributed by atoms with Crippen LogP contribution in [0, 0.1) is 11.3 Å². The highest BCUT2D eigenvalue weighted by Crippen LogP contribution is 2.42. The molecule has 0 amide bonds. The molecule has 1 aromatic carbocycles. The molecule has 1 aromatic rings. The number of hydrogen-bond acceptors (Lipinski definition) is 1. The number of rotatable bonds is 3. The van der Waals surface area contributed by atoms with Crippen LogP contribution in [-0.4, -0.2) is 6.04 Å². The summed E-state index contributed by atoms with van der Waals surface area (Å²) in [6.45, 7) is 4.74. The van der Waals surface area contributed by atoms with Gasteiger partial charge in [0.1, 0.15) is 0 Å². The highest BCUT2D eigenvalue weighted by atomic mass is 35.5. The van der Waals surface area contributed by atoms with Crippen molar-refractivity contribution in [3.8, 4) is 0 Å². The Labute approximate surface area is 116 Å². The molecule has 0 radical (unpaired) electrons. The van der Waals surface area contributed by atoms with E-state index in [1.54, 1.807) is 0 Å². The molecule has 0 aliphatic heterocycles. The van der Waals surface area contributed by atoms with Crippen LogP contribution in [0.4, 0.5) is 0 Å². The lowest BCUT2D eigenvalue weighted by Gasteiger charge is -2.42. The third-order valence-electron chi connectivity index (χ3n) is 4.47. The zero-order valence-corrected chi connectivity index (χ0v) is 12.2. The Hall–Kier alpha value is -0.530. The molecule has 1 aliphatic rings. The summed E-state index contributed by atoms with van der Waals surface area (Å²) < 4.78 is 0. The third kappa shape index (κ3) is 3.27. The quantitative estimate of drug-likeness (QED) is 0.860. The Kier molecular flexibility index (Phi) is 4.34. The van der Waals surface area contributed by atoms with Gasteiger partial charge in [0.2, 0.25) is 0 Å². The first-order valence-electron chi connectivity index (χ1n) is 6.99. The minimum atomic E-state index is 0.249. The second kappa shape index (κ2) is 5.63. The Morgan fingerprint density at radius 3 is 2.83 bits per heavy atom. The van der Waals surface area contributed by atoms with Crippen LogP contribution in [-0.2, 0) is 6.42 Å². The van der Waals surface area contributed by atoms with Crippen LogP contribution in [0.5, 0.6) is 0 Å². The van der Waals surface area contributed by atoms with Gasteiger partial charge in [0.05, 0.1) is 0 Å². The van der Waals surface area contributed by atoms with Crippen molar-refractivity contribution in [2.24, 2.45) is 17.1 Å². The van der Waals surface area contributed by atoms with Crippen LogP contribution < -0.4 is 5.73 Å². The van der Waals surface area contributed by atoms with Crippen LogP contribution in [0.2, 0.25) is 5.02 Å². The summed E-state index contributed by atoms with van der Waals surface area (Å²) in [6.07, 6.45) is 6.20. The monoisotopic (exact) mass is 265 g/mol. The van der Waals surface area contributed by atoms with E-state index < -0.39 is 0 Å². The van der Waals surface area contributed by atoms with Crippen molar-refractivity contribution in [3.05, 3.63) is 34.9 Å². The molecule has 2 heteroatoms. The third-order valence-corrected chi connectivity index (χ3v) is 4.70. The predicted octanol–water partition coefficient (Wildman–Crippen LogP) is 4.43. The Morgan fingerprint density at radius 2 is 2.17 bits per heavy atom. The normalized spacial score (nSPS) is 24.8. The van der Waals surface area contributed by atoms with E-state index >= 15 is 0 Å². The van der Waals surface area contributed by atoms with Crippen LogP contribution in [0.1, 0.15) is 45.1 Å². The maximum absolute atomic E-state index is 6.46. The van der Waals surface area contributed by atoms with E-state index in [-0.39, 0.29) is 6.04 Å². The minimum Gasteiger partial charge on any atom is -0.327 e. The molecule has 2 N–H and O–H groups in total. The molecular formula is C16H24ClN. The molecule has 1 fully saturated rings. The Morgan fingerprint density at radius 1 is 1.39 bits per heavy atom. The lowest BCUT2D eigenvalue weighted by atomic mass is 9.65. The molecule has 0 saturated heterocycles. The van der Waals surface area contributed by atoms with E-state index in [0.717, 1.165) is 11.4 Å². The van der Waals surface area contributed by atoms with Crippen molar-refractivity contribution in [2.45, 2.75) is 52.0 Å². The van der Waals surface area contributed by atoms with Gasteiger partial charge in [-0.1, -0.05) is 50.4 Å². The fraction of sp³-hybridized carbons (Fsp3) is 0.625. The number of nitrogens with two attached hydrogens (primary N) is 1. The minimum absolute atomic E-state index is 0.249. The average Bonchev–Trinajstić information content (AvgIpc) is 2.28. The molecule has 1 aliphatic carbocycles. The zero-order valence-electron chi connectivity index (χ0n) is 11.5. The molecule has 1 nitrogen and oxygen atoms in total. The van der Waals surface area contributed by atoms with Crippen molar-refractivity contribution in [2.75, 3.05) is 0 Å². The van der Waals surface area contributed by atoms with Crippen LogP contribution >= 0.6 is 11.6 Å². The molecule has 0 bridgehead atoms. The molecule has 0 spiro atoms. The summed E-state index contributed by atoms with van der Waals surface area (Å²) in [5.41, 5.74) is 8.11. The Bertz CT molecular complexity index is 400. The van der Waals surface area contributed by atoms with Gasteiger partial charge in [-0.15, -0.1) is 0 Å². The van der Waals surface area contributed by atoms with E-state index in [1.165, 1.54) is 31.2 Å². The summed E-state index contributed by atoms with van der Waals surface area (Å²) in [6, 6.07) is 8.34. The van der Waals surface area contributed by atoms with Crippen molar-refractivity contribution in [1.29, 1.82) is 0 Å². The average molecular weight is 266 g/mol. The van der Waals surface area contributed by atoms with E-state index in [1.807, 2.05) is 18.2 Å². The van der Waals surface area contributed by atoms with Gasteiger partial charge in [-0.25, -0.2) is 0 Å². The van der Waals surface area contributed by atoms with Gasteiger partial charge >= 0.3 is 0 Å². The van der Waals surface area contributed by atoms with Crippen molar-refractivity contribution >= 4 is 11.6 Å². The maximum atomic E-state index is 6.46. The number of hydrogen-bond donors (Lipinski definition) is 1. The zero-order chi connectivity index (χ0) is 13.2. The van der Waals surface area contributed by atoms with Crippen LogP contribution in [0.15, 0.2) is 24.3 Å².